The van der Waals surface area contributed by atoms with E-state index in [0.717, 1.165) is 15.0 Å². The van der Waals surface area contributed by atoms with E-state index in [-0.39, 0.29) is 17.0 Å². The molecule has 0 saturated carbocycles. The quantitative estimate of drug-likeness (QED) is 0.514. The third kappa shape index (κ3) is 6.31. The van der Waals surface area contributed by atoms with Crippen LogP contribution in [0.4, 0.5) is 9.52 Å². The third-order valence-corrected chi connectivity index (χ3v) is 6.03. The van der Waals surface area contributed by atoms with Gasteiger partial charge in [-0.25, -0.2) is 4.39 Å². The maximum absolute atomic E-state index is 12.9. The second-order valence-corrected chi connectivity index (χ2v) is 8.71. The number of halogens is 1. The molecule has 0 radical (unpaired) electrons. The molecule has 3 aromatic rings. The Morgan fingerprint density at radius 3 is 2.61 bits per heavy atom. The summed E-state index contributed by atoms with van der Waals surface area (Å²) in [7, 11) is 0. The van der Waals surface area contributed by atoms with E-state index in [9.17, 15) is 9.18 Å². The van der Waals surface area contributed by atoms with Gasteiger partial charge in [-0.05, 0) is 36.6 Å². The fourth-order valence-corrected chi connectivity index (χ4v) is 4.35. The van der Waals surface area contributed by atoms with Gasteiger partial charge in [0.1, 0.15) is 5.82 Å². The molecule has 0 spiro atoms. The van der Waals surface area contributed by atoms with Gasteiger partial charge in [0.25, 0.3) is 0 Å². The van der Waals surface area contributed by atoms with Crippen molar-refractivity contribution in [1.82, 2.24) is 15.5 Å². The van der Waals surface area contributed by atoms with Crippen LogP contribution in [0.25, 0.3) is 0 Å². The molecule has 1 heterocycles. The number of anilines is 1. The smallest absolute Gasteiger partial charge is 0.233 e. The molecule has 146 valence electrons. The highest BCUT2D eigenvalue weighted by molar-refractivity contribution is 8.02. The Bertz CT molecular complexity index is 887. The van der Waals surface area contributed by atoms with E-state index in [1.165, 1.54) is 40.8 Å². The fraction of sp³-hybridized carbons (Fsp3) is 0.250. The van der Waals surface area contributed by atoms with Crippen LogP contribution in [-0.4, -0.2) is 27.9 Å². The number of thioether (sulfide) groups is 1. The molecule has 0 bridgehead atoms. The molecule has 1 atom stereocenters. The molecular formula is C20H21FN4OS2. The maximum Gasteiger partial charge on any atom is 0.233 e. The Morgan fingerprint density at radius 1 is 1.11 bits per heavy atom. The zero-order valence-corrected chi connectivity index (χ0v) is 17.0. The summed E-state index contributed by atoms with van der Waals surface area (Å²) >= 11 is 2.82. The van der Waals surface area contributed by atoms with Gasteiger partial charge in [-0.3, -0.25) is 4.79 Å². The number of carbonyl (C=O) groups excluding carboxylic acids is 1. The van der Waals surface area contributed by atoms with Gasteiger partial charge in [0.05, 0.1) is 5.25 Å². The normalized spacial score (nSPS) is 11.8. The molecule has 0 unspecified atom stereocenters. The summed E-state index contributed by atoms with van der Waals surface area (Å²) in [5, 5.41) is 14.9. The molecule has 1 amide bonds. The number of nitrogens with one attached hydrogen (secondary N) is 2. The molecule has 0 aliphatic heterocycles. The topological polar surface area (TPSA) is 66.9 Å². The predicted molar refractivity (Wildman–Crippen MR) is 112 cm³/mol. The molecule has 0 aliphatic rings. The van der Waals surface area contributed by atoms with Crippen molar-refractivity contribution in [3.63, 3.8) is 0 Å². The van der Waals surface area contributed by atoms with Gasteiger partial charge < -0.3 is 10.6 Å². The van der Waals surface area contributed by atoms with E-state index in [1.807, 2.05) is 37.3 Å². The first kappa shape index (κ1) is 20.3. The molecule has 8 heteroatoms. The summed E-state index contributed by atoms with van der Waals surface area (Å²) in [5.41, 5.74) is 2.15. The minimum absolute atomic E-state index is 0.0545. The van der Waals surface area contributed by atoms with Crippen LogP contribution in [0.1, 0.15) is 18.1 Å². The number of hydrogen-bond acceptors (Lipinski definition) is 6. The van der Waals surface area contributed by atoms with Crippen LogP contribution in [0.5, 0.6) is 0 Å². The highest BCUT2D eigenvalue weighted by Crippen LogP contribution is 2.29. The van der Waals surface area contributed by atoms with Crippen molar-refractivity contribution in [1.29, 1.82) is 0 Å². The molecule has 0 fully saturated rings. The average Bonchev–Trinajstić information content (AvgIpc) is 3.16. The van der Waals surface area contributed by atoms with Gasteiger partial charge in [-0.1, -0.05) is 65.6 Å². The number of nitrogens with zero attached hydrogens (tertiary/aromatic N) is 2. The first-order chi connectivity index (χ1) is 13.6. The molecule has 1 aromatic heterocycles. The van der Waals surface area contributed by atoms with Crippen molar-refractivity contribution in [2.45, 2.75) is 29.5 Å². The Balaban J connectivity index is 1.41. The summed E-state index contributed by atoms with van der Waals surface area (Å²) in [6.45, 7) is 3.03. The Morgan fingerprint density at radius 2 is 1.86 bits per heavy atom. The summed E-state index contributed by atoms with van der Waals surface area (Å²) in [6, 6.07) is 16.4. The van der Waals surface area contributed by atoms with Gasteiger partial charge in [0.15, 0.2) is 4.34 Å². The number of benzene rings is 2. The third-order valence-electron chi connectivity index (χ3n) is 3.97. The molecule has 3 rings (SSSR count). The number of hydrogen-bond donors (Lipinski definition) is 2. The summed E-state index contributed by atoms with van der Waals surface area (Å²) in [4.78, 5) is 12.3. The number of carbonyl (C=O) groups is 1. The van der Waals surface area contributed by atoms with Crippen LogP contribution in [0.3, 0.4) is 0 Å². The molecule has 0 saturated heterocycles. The van der Waals surface area contributed by atoms with Gasteiger partial charge in [-0.15, -0.1) is 10.2 Å². The SMILES string of the molecule is C[C@H](Sc1nnc(NCc2ccccc2)s1)C(=O)NCCc1ccc(F)cc1. The lowest BCUT2D eigenvalue weighted by Gasteiger charge is -2.10. The van der Waals surface area contributed by atoms with Crippen molar-refractivity contribution in [2.24, 2.45) is 0 Å². The zero-order chi connectivity index (χ0) is 19.8. The number of aromatic nitrogens is 2. The zero-order valence-electron chi connectivity index (χ0n) is 15.4. The van der Waals surface area contributed by atoms with E-state index >= 15 is 0 Å². The molecule has 28 heavy (non-hydrogen) atoms. The first-order valence-electron chi connectivity index (χ1n) is 8.90. The van der Waals surface area contributed by atoms with Gasteiger partial charge in [0, 0.05) is 13.1 Å². The Labute approximate surface area is 171 Å². The molecule has 2 N–H and O–H groups in total. The van der Waals surface area contributed by atoms with Crippen molar-refractivity contribution in [3.05, 3.63) is 71.5 Å². The monoisotopic (exact) mass is 416 g/mol. The highest BCUT2D eigenvalue weighted by atomic mass is 32.2. The molecule has 2 aromatic carbocycles. The van der Waals surface area contributed by atoms with Crippen LogP contribution in [-0.2, 0) is 17.8 Å². The lowest BCUT2D eigenvalue weighted by Crippen LogP contribution is -2.32. The lowest BCUT2D eigenvalue weighted by atomic mass is 10.1. The lowest BCUT2D eigenvalue weighted by molar-refractivity contribution is -0.120. The van der Waals surface area contributed by atoms with Crippen molar-refractivity contribution in [3.8, 4) is 0 Å². The van der Waals surface area contributed by atoms with Gasteiger partial charge >= 0.3 is 0 Å². The van der Waals surface area contributed by atoms with Crippen molar-refractivity contribution >= 4 is 34.1 Å². The summed E-state index contributed by atoms with van der Waals surface area (Å²) in [5.74, 6) is -0.311. The maximum atomic E-state index is 12.9. The van der Waals surface area contributed by atoms with Crippen LogP contribution >= 0.6 is 23.1 Å². The van der Waals surface area contributed by atoms with Crippen molar-refractivity contribution in [2.75, 3.05) is 11.9 Å². The summed E-state index contributed by atoms with van der Waals surface area (Å²) in [6.07, 6.45) is 0.662. The van der Waals surface area contributed by atoms with Crippen LogP contribution in [0.15, 0.2) is 58.9 Å². The highest BCUT2D eigenvalue weighted by Gasteiger charge is 2.16. The second kappa shape index (κ2) is 10.2. The predicted octanol–water partition coefficient (Wildman–Crippen LogP) is 4.13. The Hall–Kier alpha value is -2.45. The van der Waals surface area contributed by atoms with Crippen LogP contribution in [0.2, 0.25) is 0 Å². The molecular weight excluding hydrogens is 395 g/mol. The minimum atomic E-state index is -0.275. The van der Waals surface area contributed by atoms with Crippen molar-refractivity contribution < 1.29 is 9.18 Å². The van der Waals surface area contributed by atoms with E-state index in [2.05, 4.69) is 20.8 Å². The Kier molecular flexibility index (Phi) is 7.39. The summed E-state index contributed by atoms with van der Waals surface area (Å²) < 4.78 is 13.6. The number of rotatable bonds is 9. The first-order valence-corrected chi connectivity index (χ1v) is 10.6. The standard InChI is InChI=1S/C20H21FN4OS2/c1-14(18(26)22-12-11-15-7-9-17(21)10-8-15)27-20-25-24-19(28-20)23-13-16-5-3-2-4-6-16/h2-10,14H,11-13H2,1H3,(H,22,26)(H,23,24)/t14-/m0/s1. The van der Waals surface area contributed by atoms with Gasteiger partial charge in [-0.2, -0.15) is 0 Å². The fourth-order valence-electron chi connectivity index (χ4n) is 2.43. The minimum Gasteiger partial charge on any atom is -0.356 e. The molecule has 5 nitrogen and oxygen atoms in total. The largest absolute Gasteiger partial charge is 0.356 e. The number of amides is 1. The molecule has 0 aliphatic carbocycles. The van der Waals surface area contributed by atoms with E-state index in [4.69, 9.17) is 0 Å². The van der Waals surface area contributed by atoms with Crippen LogP contribution < -0.4 is 10.6 Å². The van der Waals surface area contributed by atoms with E-state index in [0.29, 0.717) is 19.5 Å². The second-order valence-electron chi connectivity index (χ2n) is 6.14. The average molecular weight is 417 g/mol. The van der Waals surface area contributed by atoms with E-state index < -0.39 is 0 Å². The van der Waals surface area contributed by atoms with E-state index in [1.54, 1.807) is 12.1 Å². The van der Waals surface area contributed by atoms with Crippen LogP contribution in [0, 0.1) is 5.82 Å². The van der Waals surface area contributed by atoms with Gasteiger partial charge in [0.2, 0.25) is 11.0 Å².